The molecule has 34 heavy (non-hydrogen) atoms. The van der Waals surface area contributed by atoms with E-state index >= 15 is 0 Å². The molecule has 0 spiro atoms. The van der Waals surface area contributed by atoms with E-state index in [2.05, 4.69) is 21.2 Å². The minimum absolute atomic E-state index is 0.116. The second kappa shape index (κ2) is 10.7. The number of carbonyl (C=O) groups is 2. The molecular weight excluding hydrogens is 561 g/mol. The van der Waals surface area contributed by atoms with Gasteiger partial charge in [0, 0.05) is 20.2 Å². The number of benzene rings is 2. The third kappa shape index (κ3) is 5.34. The fraction of sp³-hybridized carbons (Fsp3) is 0.125. The highest BCUT2D eigenvalue weighted by Gasteiger charge is 2.41. The van der Waals surface area contributed by atoms with Crippen molar-refractivity contribution in [2.24, 2.45) is 0 Å². The molecular formula is C24H16BrCl2N3O3S. The van der Waals surface area contributed by atoms with Gasteiger partial charge in [-0.1, -0.05) is 57.0 Å². The summed E-state index contributed by atoms with van der Waals surface area (Å²) in [6, 6.07) is 17.6. The smallest absolute Gasteiger partial charge is 0.265 e. The zero-order valence-corrected chi connectivity index (χ0v) is 21.3. The lowest BCUT2D eigenvalue weighted by Crippen LogP contribution is -2.32. The summed E-state index contributed by atoms with van der Waals surface area (Å²) < 4.78 is 6.07. The number of hydrogen-bond acceptors (Lipinski definition) is 5. The maximum absolute atomic E-state index is 13.5. The van der Waals surface area contributed by atoms with Gasteiger partial charge >= 0.3 is 0 Å². The number of amides is 2. The summed E-state index contributed by atoms with van der Waals surface area (Å²) in [6.07, 6.45) is 1.81. The number of hydrogen-bond donors (Lipinski definition) is 1. The average molecular weight is 577 g/mol. The average Bonchev–Trinajstić information content (AvgIpc) is 3.44. The number of carbonyl (C=O) groups excluding carboxylic acids is 2. The molecule has 1 saturated heterocycles. The molecule has 0 unspecified atom stereocenters. The van der Waals surface area contributed by atoms with Crippen LogP contribution >= 0.6 is 50.9 Å². The fourth-order valence-electron chi connectivity index (χ4n) is 3.37. The first-order chi connectivity index (χ1) is 16.4. The molecule has 1 atom stereocenters. The van der Waals surface area contributed by atoms with Crippen LogP contribution in [0.4, 0.5) is 5.69 Å². The van der Waals surface area contributed by atoms with Crippen molar-refractivity contribution in [3.63, 3.8) is 0 Å². The van der Waals surface area contributed by atoms with E-state index in [9.17, 15) is 14.9 Å². The molecule has 172 valence electrons. The fourth-order valence-corrected chi connectivity index (χ4v) is 5.41. The minimum atomic E-state index is -0.596. The molecule has 1 aliphatic heterocycles. The van der Waals surface area contributed by atoms with Crippen LogP contribution < -0.4 is 10.2 Å². The Morgan fingerprint density at radius 2 is 1.97 bits per heavy atom. The molecule has 2 aromatic carbocycles. The molecule has 4 rings (SSSR count). The minimum Gasteiger partial charge on any atom is -0.467 e. The van der Waals surface area contributed by atoms with Gasteiger partial charge in [-0.25, -0.2) is 0 Å². The van der Waals surface area contributed by atoms with Crippen molar-refractivity contribution >= 4 is 68.4 Å². The van der Waals surface area contributed by atoms with Crippen molar-refractivity contribution in [2.45, 2.75) is 18.2 Å². The van der Waals surface area contributed by atoms with Crippen LogP contribution in [0.25, 0.3) is 0 Å². The number of nitrogens with zero attached hydrogens (tertiary/aromatic N) is 2. The van der Waals surface area contributed by atoms with Gasteiger partial charge in [0.15, 0.2) is 0 Å². The number of nitrogens with one attached hydrogen (secondary N) is 1. The Morgan fingerprint density at radius 1 is 1.21 bits per heavy atom. The van der Waals surface area contributed by atoms with Gasteiger partial charge < -0.3 is 9.73 Å². The summed E-state index contributed by atoms with van der Waals surface area (Å²) in [5, 5.41) is 13.2. The lowest BCUT2D eigenvalue weighted by Gasteiger charge is -2.19. The van der Waals surface area contributed by atoms with Gasteiger partial charge in [0.05, 0.1) is 18.1 Å². The quantitative estimate of drug-likeness (QED) is 0.283. The largest absolute Gasteiger partial charge is 0.467 e. The van der Waals surface area contributed by atoms with E-state index < -0.39 is 11.2 Å². The lowest BCUT2D eigenvalue weighted by molar-refractivity contribution is -0.117. The van der Waals surface area contributed by atoms with Crippen molar-refractivity contribution in [2.75, 3.05) is 4.90 Å². The molecule has 1 aromatic heterocycles. The summed E-state index contributed by atoms with van der Waals surface area (Å²) in [7, 11) is 0. The summed E-state index contributed by atoms with van der Waals surface area (Å²) in [5.41, 5.74) is 1.14. The van der Waals surface area contributed by atoms with Crippen LogP contribution in [-0.2, 0) is 22.6 Å². The van der Waals surface area contributed by atoms with Crippen molar-refractivity contribution in [3.05, 3.63) is 97.3 Å². The van der Waals surface area contributed by atoms with Gasteiger partial charge in [-0.15, -0.1) is 0 Å². The Morgan fingerprint density at radius 3 is 2.62 bits per heavy atom. The van der Waals surface area contributed by atoms with Crippen LogP contribution in [0.1, 0.15) is 11.3 Å². The van der Waals surface area contributed by atoms with Gasteiger partial charge in [-0.3, -0.25) is 14.5 Å². The molecule has 0 aliphatic carbocycles. The molecule has 10 heteroatoms. The topological polar surface area (TPSA) is 86.3 Å². The number of thioether (sulfide) groups is 1. The van der Waals surface area contributed by atoms with Crippen molar-refractivity contribution in [1.82, 2.24) is 5.32 Å². The Bertz CT molecular complexity index is 1300. The Balaban J connectivity index is 1.69. The molecule has 2 heterocycles. The Kier molecular flexibility index (Phi) is 7.69. The molecule has 0 radical (unpaired) electrons. The van der Waals surface area contributed by atoms with Crippen molar-refractivity contribution in [3.8, 4) is 6.07 Å². The van der Waals surface area contributed by atoms with E-state index in [1.165, 1.54) is 11.2 Å². The molecule has 2 amide bonds. The third-order valence-corrected chi connectivity index (χ3v) is 7.39. The highest BCUT2D eigenvalue weighted by molar-refractivity contribution is 9.10. The number of furan rings is 1. The second-order valence-electron chi connectivity index (χ2n) is 7.25. The first-order valence-corrected chi connectivity index (χ1v) is 12.5. The zero-order chi connectivity index (χ0) is 24.2. The first-order valence-electron chi connectivity index (χ1n) is 10.0. The monoisotopic (exact) mass is 575 g/mol. The van der Waals surface area contributed by atoms with Gasteiger partial charge in [-0.05, 0) is 60.5 Å². The van der Waals surface area contributed by atoms with Gasteiger partial charge in [0.1, 0.15) is 22.4 Å². The predicted molar refractivity (Wildman–Crippen MR) is 136 cm³/mol. The van der Waals surface area contributed by atoms with Crippen molar-refractivity contribution < 1.29 is 14.0 Å². The summed E-state index contributed by atoms with van der Waals surface area (Å²) in [5.74, 6) is -0.299. The molecule has 0 bridgehead atoms. The SMILES string of the molecule is N#C/C(C(=O)NCc1ccco1)=C1/S[C@@H](Cc2ccc(Cl)cc2Cl)C(=O)N1c1ccc(Br)cc1. The first kappa shape index (κ1) is 24.4. The van der Waals surface area contributed by atoms with E-state index in [1.807, 2.05) is 6.07 Å². The predicted octanol–water partition coefficient (Wildman–Crippen LogP) is 6.09. The normalized spacial score (nSPS) is 16.9. The van der Waals surface area contributed by atoms with Crippen molar-refractivity contribution in [1.29, 1.82) is 5.26 Å². The highest BCUT2D eigenvalue weighted by atomic mass is 79.9. The molecule has 3 aromatic rings. The van der Waals surface area contributed by atoms with Crippen LogP contribution in [0, 0.1) is 11.3 Å². The Hall–Kier alpha value is -2.70. The molecule has 0 saturated carbocycles. The van der Waals surface area contributed by atoms with Crippen LogP contribution in [-0.4, -0.2) is 17.1 Å². The number of anilines is 1. The molecule has 1 fully saturated rings. The number of halogens is 3. The standard InChI is InChI=1S/C24H16BrCl2N3O3S/c25-15-4-7-17(8-5-15)30-23(32)21(10-14-3-6-16(26)11-20(14)27)34-24(30)19(12-28)22(31)29-13-18-2-1-9-33-18/h1-9,11,21H,10,13H2,(H,29,31)/b24-19-/t21-/m0/s1. The summed E-state index contributed by atoms with van der Waals surface area (Å²) >= 11 is 16.9. The molecule has 6 nitrogen and oxygen atoms in total. The van der Waals surface area contributed by atoms with Gasteiger partial charge in [-0.2, -0.15) is 5.26 Å². The third-order valence-electron chi connectivity index (χ3n) is 5.01. The molecule has 1 aliphatic rings. The zero-order valence-electron chi connectivity index (χ0n) is 17.4. The van der Waals surface area contributed by atoms with E-state index in [0.717, 1.165) is 21.8 Å². The Labute approximate surface area is 218 Å². The van der Waals surface area contributed by atoms with Crippen LogP contribution in [0.5, 0.6) is 0 Å². The van der Waals surface area contributed by atoms with E-state index in [4.69, 9.17) is 27.6 Å². The van der Waals surface area contributed by atoms with E-state index in [0.29, 0.717) is 27.9 Å². The van der Waals surface area contributed by atoms with E-state index in [-0.39, 0.29) is 23.1 Å². The van der Waals surface area contributed by atoms with Gasteiger partial charge in [0.25, 0.3) is 5.91 Å². The van der Waals surface area contributed by atoms with Crippen LogP contribution in [0.3, 0.4) is 0 Å². The summed E-state index contributed by atoms with van der Waals surface area (Å²) in [6.45, 7) is 0.116. The highest BCUT2D eigenvalue weighted by Crippen LogP contribution is 2.42. The molecule has 1 N–H and O–H groups in total. The van der Waals surface area contributed by atoms with Gasteiger partial charge in [0.2, 0.25) is 5.91 Å². The maximum atomic E-state index is 13.5. The van der Waals surface area contributed by atoms with E-state index in [1.54, 1.807) is 54.6 Å². The van der Waals surface area contributed by atoms with Crippen LogP contribution in [0.15, 0.2) is 80.4 Å². The lowest BCUT2D eigenvalue weighted by atomic mass is 10.1. The summed E-state index contributed by atoms with van der Waals surface area (Å²) in [4.78, 5) is 27.8. The van der Waals surface area contributed by atoms with Crippen LogP contribution in [0.2, 0.25) is 10.0 Å². The number of rotatable bonds is 6. The maximum Gasteiger partial charge on any atom is 0.265 e. The second-order valence-corrected chi connectivity index (χ2v) is 10.2. The number of nitriles is 1.